The molecule has 4 aromatic rings. The minimum Gasteiger partial charge on any atom is -0.438 e. The number of hydrogen-bond donors (Lipinski definition) is 2. The van der Waals surface area contributed by atoms with E-state index in [1.54, 1.807) is 18.2 Å². The van der Waals surface area contributed by atoms with Crippen LogP contribution in [0.2, 0.25) is 0 Å². The fraction of sp³-hybridized carbons (Fsp3) is 0.154. The van der Waals surface area contributed by atoms with Gasteiger partial charge in [0.1, 0.15) is 11.6 Å². The molecule has 0 saturated heterocycles. The van der Waals surface area contributed by atoms with Crippen LogP contribution in [0.4, 0.5) is 4.39 Å². The third-order valence-electron chi connectivity index (χ3n) is 5.89. The number of halogens is 1. The van der Waals surface area contributed by atoms with Gasteiger partial charge in [-0.25, -0.2) is 9.37 Å². The molecule has 1 aromatic heterocycles. The van der Waals surface area contributed by atoms with Crippen molar-refractivity contribution in [2.75, 3.05) is 0 Å². The van der Waals surface area contributed by atoms with Gasteiger partial charge in [-0.1, -0.05) is 36.4 Å². The van der Waals surface area contributed by atoms with E-state index in [1.807, 2.05) is 36.4 Å². The molecule has 0 saturated carbocycles. The zero-order chi connectivity index (χ0) is 22.1. The maximum atomic E-state index is 13.5. The molecule has 160 valence electrons. The van der Waals surface area contributed by atoms with E-state index < -0.39 is 5.91 Å². The van der Waals surface area contributed by atoms with E-state index in [0.29, 0.717) is 23.7 Å². The van der Waals surface area contributed by atoms with Gasteiger partial charge in [0, 0.05) is 30.2 Å². The first-order chi connectivity index (χ1) is 15.6. The lowest BCUT2D eigenvalue weighted by molar-refractivity contribution is 0.1000. The molecule has 1 atom stereocenters. The molecule has 1 unspecified atom stereocenters. The van der Waals surface area contributed by atoms with Crippen LogP contribution < -0.4 is 15.8 Å². The topological polar surface area (TPSA) is 77.2 Å². The molecule has 0 fully saturated rings. The lowest BCUT2D eigenvalue weighted by atomic mass is 10.0. The summed E-state index contributed by atoms with van der Waals surface area (Å²) in [5.74, 6) is 0.376. The second kappa shape index (κ2) is 8.40. The summed E-state index contributed by atoms with van der Waals surface area (Å²) >= 11 is 0. The number of pyridine rings is 1. The summed E-state index contributed by atoms with van der Waals surface area (Å²) in [7, 11) is 0. The van der Waals surface area contributed by atoms with Crippen LogP contribution in [-0.2, 0) is 19.4 Å². The van der Waals surface area contributed by atoms with Gasteiger partial charge >= 0.3 is 0 Å². The van der Waals surface area contributed by atoms with Crippen molar-refractivity contribution in [1.82, 2.24) is 10.3 Å². The van der Waals surface area contributed by atoms with Gasteiger partial charge in [-0.15, -0.1) is 0 Å². The molecule has 0 radical (unpaired) electrons. The normalized spacial score (nSPS) is 15.0. The first kappa shape index (κ1) is 20.2. The van der Waals surface area contributed by atoms with E-state index in [2.05, 4.69) is 16.4 Å². The van der Waals surface area contributed by atoms with Crippen LogP contribution in [0.25, 0.3) is 10.8 Å². The Kier molecular flexibility index (Phi) is 5.29. The number of amides is 1. The Balaban J connectivity index is 1.34. The molecule has 1 heterocycles. The van der Waals surface area contributed by atoms with Crippen molar-refractivity contribution in [3.63, 3.8) is 0 Å². The minimum atomic E-state index is -0.526. The molecule has 5 rings (SSSR count). The molecule has 0 bridgehead atoms. The summed E-state index contributed by atoms with van der Waals surface area (Å²) in [6.45, 7) is 0.702. The highest BCUT2D eigenvalue weighted by atomic mass is 19.1. The van der Waals surface area contributed by atoms with Gasteiger partial charge in [0.2, 0.25) is 11.8 Å². The average molecular weight is 427 g/mol. The van der Waals surface area contributed by atoms with E-state index in [9.17, 15) is 9.18 Å². The standard InChI is InChI=1S/C26H22FN3O2/c27-20-8-5-16-12-21(13-19(16)11-20)29-14-17-6-9-24(23-4-2-1-3-22(17)23)32-25-10-7-18(15-30-25)26(28)31/h1-11,15,21,29H,12-14H2,(H2,28,31). The van der Waals surface area contributed by atoms with Crippen LogP contribution >= 0.6 is 0 Å². The number of nitrogens with two attached hydrogens (primary N) is 1. The van der Waals surface area contributed by atoms with Crippen molar-refractivity contribution >= 4 is 16.7 Å². The number of nitrogens with zero attached hydrogens (tertiary/aromatic N) is 1. The molecule has 32 heavy (non-hydrogen) atoms. The molecule has 3 aromatic carbocycles. The smallest absolute Gasteiger partial charge is 0.250 e. The molecular weight excluding hydrogens is 405 g/mol. The molecule has 5 nitrogen and oxygen atoms in total. The number of nitrogens with one attached hydrogen (secondary N) is 1. The van der Waals surface area contributed by atoms with Crippen LogP contribution in [0.3, 0.4) is 0 Å². The van der Waals surface area contributed by atoms with Crippen LogP contribution in [0, 0.1) is 5.82 Å². The summed E-state index contributed by atoms with van der Waals surface area (Å²) in [6, 6.07) is 20.6. The van der Waals surface area contributed by atoms with Crippen LogP contribution in [0.15, 0.2) is 72.9 Å². The van der Waals surface area contributed by atoms with E-state index >= 15 is 0 Å². The zero-order valence-electron chi connectivity index (χ0n) is 17.3. The van der Waals surface area contributed by atoms with E-state index in [-0.39, 0.29) is 11.9 Å². The number of fused-ring (bicyclic) bond motifs is 2. The van der Waals surface area contributed by atoms with Crippen molar-refractivity contribution in [3.8, 4) is 11.6 Å². The first-order valence-corrected chi connectivity index (χ1v) is 10.5. The summed E-state index contributed by atoms with van der Waals surface area (Å²) in [6.07, 6.45) is 3.14. The van der Waals surface area contributed by atoms with Gasteiger partial charge in [0.25, 0.3) is 0 Å². The van der Waals surface area contributed by atoms with Crippen LogP contribution in [0.1, 0.15) is 27.0 Å². The van der Waals surface area contributed by atoms with Gasteiger partial charge in [0.15, 0.2) is 0 Å². The molecule has 1 amide bonds. The summed E-state index contributed by atoms with van der Waals surface area (Å²) in [4.78, 5) is 15.4. The molecule has 6 heteroatoms. The Hall–Kier alpha value is -3.77. The largest absolute Gasteiger partial charge is 0.438 e. The van der Waals surface area contributed by atoms with E-state index in [4.69, 9.17) is 10.5 Å². The fourth-order valence-electron chi connectivity index (χ4n) is 4.26. The Morgan fingerprint density at radius 1 is 1.03 bits per heavy atom. The summed E-state index contributed by atoms with van der Waals surface area (Å²) in [5, 5.41) is 5.69. The molecule has 3 N–H and O–H groups in total. The van der Waals surface area contributed by atoms with Crippen molar-refractivity contribution in [2.24, 2.45) is 5.73 Å². The maximum absolute atomic E-state index is 13.5. The van der Waals surface area contributed by atoms with Gasteiger partial charge < -0.3 is 15.8 Å². The van der Waals surface area contributed by atoms with Crippen LogP contribution in [-0.4, -0.2) is 16.9 Å². The number of primary amides is 1. The van der Waals surface area contributed by atoms with Crippen LogP contribution in [0.5, 0.6) is 11.6 Å². The second-order valence-corrected chi connectivity index (χ2v) is 8.02. The van der Waals surface area contributed by atoms with Crippen molar-refractivity contribution in [1.29, 1.82) is 0 Å². The quantitative estimate of drug-likeness (QED) is 0.474. The molecule has 0 spiro atoms. The van der Waals surface area contributed by atoms with Gasteiger partial charge in [0.05, 0.1) is 5.56 Å². The Labute approximate surface area is 185 Å². The van der Waals surface area contributed by atoms with Crippen molar-refractivity contribution in [2.45, 2.75) is 25.4 Å². The first-order valence-electron chi connectivity index (χ1n) is 10.5. The predicted octanol–water partition coefficient (Wildman–Crippen LogP) is 4.52. The van der Waals surface area contributed by atoms with E-state index in [0.717, 1.165) is 34.7 Å². The second-order valence-electron chi connectivity index (χ2n) is 8.02. The maximum Gasteiger partial charge on any atom is 0.250 e. The number of rotatable bonds is 6. The zero-order valence-corrected chi connectivity index (χ0v) is 17.3. The summed E-state index contributed by atoms with van der Waals surface area (Å²) < 4.78 is 19.5. The molecule has 1 aliphatic carbocycles. The fourth-order valence-corrected chi connectivity index (χ4v) is 4.26. The number of hydrogen-bond acceptors (Lipinski definition) is 4. The van der Waals surface area contributed by atoms with Gasteiger partial charge in [-0.3, -0.25) is 4.79 Å². The SMILES string of the molecule is NC(=O)c1ccc(Oc2ccc(CNC3Cc4ccc(F)cc4C3)c3ccccc23)nc1. The lowest BCUT2D eigenvalue weighted by Gasteiger charge is -2.15. The molecule has 0 aliphatic heterocycles. The highest BCUT2D eigenvalue weighted by Gasteiger charge is 2.21. The third kappa shape index (κ3) is 4.05. The van der Waals surface area contributed by atoms with E-state index in [1.165, 1.54) is 17.8 Å². The number of aromatic nitrogens is 1. The monoisotopic (exact) mass is 427 g/mol. The van der Waals surface area contributed by atoms with Crippen molar-refractivity contribution in [3.05, 3.63) is 101 Å². The highest BCUT2D eigenvalue weighted by molar-refractivity contribution is 5.92. The third-order valence-corrected chi connectivity index (χ3v) is 5.89. The number of ether oxygens (including phenoxy) is 1. The number of carbonyl (C=O) groups excluding carboxylic acids is 1. The lowest BCUT2D eigenvalue weighted by Crippen LogP contribution is -2.29. The molecule has 1 aliphatic rings. The Bertz CT molecular complexity index is 1300. The van der Waals surface area contributed by atoms with Crippen molar-refractivity contribution < 1.29 is 13.9 Å². The van der Waals surface area contributed by atoms with Gasteiger partial charge in [-0.2, -0.15) is 0 Å². The summed E-state index contributed by atoms with van der Waals surface area (Å²) in [5.41, 5.74) is 9.07. The van der Waals surface area contributed by atoms with Gasteiger partial charge in [-0.05, 0) is 59.2 Å². The number of carbonyl (C=O) groups is 1. The minimum absolute atomic E-state index is 0.176. The highest BCUT2D eigenvalue weighted by Crippen LogP contribution is 2.32. The Morgan fingerprint density at radius 3 is 2.62 bits per heavy atom. The average Bonchev–Trinajstić information content (AvgIpc) is 3.21. The molecular formula is C26H22FN3O2. The number of benzene rings is 3. The Morgan fingerprint density at radius 2 is 1.84 bits per heavy atom. The predicted molar refractivity (Wildman–Crippen MR) is 121 cm³/mol.